The second-order valence-electron chi connectivity index (χ2n) is 3.72. The highest BCUT2D eigenvalue weighted by molar-refractivity contribution is 5.63. The molecule has 0 aliphatic heterocycles. The van der Waals surface area contributed by atoms with Crippen LogP contribution in [0.5, 0.6) is 0 Å². The van der Waals surface area contributed by atoms with E-state index in [1.54, 1.807) is 31.2 Å². The molecule has 1 heterocycles. The van der Waals surface area contributed by atoms with E-state index < -0.39 is 18.8 Å². The van der Waals surface area contributed by atoms with Crippen molar-refractivity contribution in [1.29, 1.82) is 0 Å². The first-order valence-corrected chi connectivity index (χ1v) is 5.21. The molecule has 0 saturated carbocycles. The van der Waals surface area contributed by atoms with Gasteiger partial charge in [-0.05, 0) is 6.92 Å². The first-order valence-electron chi connectivity index (χ1n) is 5.21. The molecular formula is C13H12F2O2. The topological polar surface area (TPSA) is 33.4 Å². The fraction of sp³-hybridized carbons (Fsp3) is 0.231. The molecule has 0 spiro atoms. The van der Waals surface area contributed by atoms with Gasteiger partial charge in [-0.2, -0.15) is 0 Å². The predicted octanol–water partition coefficient (Wildman–Crippen LogP) is 3.68. The van der Waals surface area contributed by atoms with E-state index in [2.05, 4.69) is 0 Å². The number of aliphatic hydroxyl groups is 1. The Morgan fingerprint density at radius 2 is 1.88 bits per heavy atom. The lowest BCUT2D eigenvalue weighted by Crippen LogP contribution is -1.91. The van der Waals surface area contributed by atoms with Crippen molar-refractivity contribution in [2.45, 2.75) is 20.0 Å². The molecule has 0 amide bonds. The zero-order valence-corrected chi connectivity index (χ0v) is 9.28. The van der Waals surface area contributed by atoms with Crippen molar-refractivity contribution in [2.75, 3.05) is 0 Å². The maximum atomic E-state index is 12.7. The van der Waals surface area contributed by atoms with E-state index in [-0.39, 0.29) is 5.56 Å². The number of halogens is 2. The van der Waals surface area contributed by atoms with Gasteiger partial charge in [0.1, 0.15) is 5.76 Å². The summed E-state index contributed by atoms with van der Waals surface area (Å²) in [6, 6.07) is 9.00. The molecule has 4 heteroatoms. The molecular weight excluding hydrogens is 226 g/mol. The molecule has 90 valence electrons. The first-order chi connectivity index (χ1) is 8.15. The molecule has 0 aliphatic rings. The molecule has 0 saturated heterocycles. The van der Waals surface area contributed by atoms with Gasteiger partial charge in [0.15, 0.2) is 5.76 Å². The monoisotopic (exact) mass is 238 g/mol. The van der Waals surface area contributed by atoms with Gasteiger partial charge in [-0.25, -0.2) is 8.78 Å². The third-order valence-corrected chi connectivity index (χ3v) is 2.69. The van der Waals surface area contributed by atoms with Crippen LogP contribution in [-0.4, -0.2) is 5.11 Å². The summed E-state index contributed by atoms with van der Waals surface area (Å²) in [6.07, 6.45) is -2.71. The Balaban J connectivity index is 2.57. The molecule has 1 N–H and O–H groups in total. The van der Waals surface area contributed by atoms with Gasteiger partial charge in [-0.15, -0.1) is 0 Å². The molecule has 0 fully saturated rings. The maximum Gasteiger partial charge on any atom is 0.295 e. The second kappa shape index (κ2) is 4.67. The smallest absolute Gasteiger partial charge is 0.295 e. The van der Waals surface area contributed by atoms with Crippen LogP contribution in [0, 0.1) is 6.92 Å². The number of benzene rings is 1. The third-order valence-electron chi connectivity index (χ3n) is 2.69. The fourth-order valence-corrected chi connectivity index (χ4v) is 1.81. The van der Waals surface area contributed by atoms with Crippen LogP contribution in [0.25, 0.3) is 11.3 Å². The van der Waals surface area contributed by atoms with Crippen molar-refractivity contribution in [3.8, 4) is 11.3 Å². The minimum atomic E-state index is -2.71. The van der Waals surface area contributed by atoms with Crippen LogP contribution in [0.4, 0.5) is 8.78 Å². The molecule has 0 atom stereocenters. The standard InChI is InChI=1S/C13H12F2O2/c1-8-10(7-16)12(13(14)15)17-11(8)9-5-3-2-4-6-9/h2-6,13,16H,7H2,1H3. The summed E-state index contributed by atoms with van der Waals surface area (Å²) in [6.45, 7) is 1.23. The molecule has 0 unspecified atom stereocenters. The van der Waals surface area contributed by atoms with Crippen molar-refractivity contribution >= 4 is 0 Å². The van der Waals surface area contributed by atoms with Crippen LogP contribution >= 0.6 is 0 Å². The maximum absolute atomic E-state index is 12.7. The Labute approximate surface area is 97.5 Å². The summed E-state index contributed by atoms with van der Waals surface area (Å²) in [5.74, 6) is -0.0474. The molecule has 0 aliphatic carbocycles. The van der Waals surface area contributed by atoms with Crippen LogP contribution in [0.15, 0.2) is 34.7 Å². The highest BCUT2D eigenvalue weighted by Crippen LogP contribution is 2.35. The van der Waals surface area contributed by atoms with Crippen molar-refractivity contribution in [3.63, 3.8) is 0 Å². The SMILES string of the molecule is Cc1c(-c2ccccc2)oc(C(F)F)c1CO. The van der Waals surface area contributed by atoms with Gasteiger partial charge in [0, 0.05) is 16.7 Å². The van der Waals surface area contributed by atoms with Crippen molar-refractivity contribution in [3.05, 3.63) is 47.2 Å². The zero-order valence-electron chi connectivity index (χ0n) is 9.28. The zero-order chi connectivity index (χ0) is 12.4. The van der Waals surface area contributed by atoms with Crippen LogP contribution in [0.1, 0.15) is 23.3 Å². The number of aliphatic hydroxyl groups excluding tert-OH is 1. The predicted molar refractivity (Wildman–Crippen MR) is 59.8 cm³/mol. The molecule has 2 rings (SSSR count). The second-order valence-corrected chi connectivity index (χ2v) is 3.72. The molecule has 0 bridgehead atoms. The Morgan fingerprint density at radius 1 is 1.24 bits per heavy atom. The highest BCUT2D eigenvalue weighted by atomic mass is 19.3. The van der Waals surface area contributed by atoms with Gasteiger partial charge < -0.3 is 9.52 Å². The lowest BCUT2D eigenvalue weighted by atomic mass is 10.1. The Hall–Kier alpha value is -1.68. The van der Waals surface area contributed by atoms with Gasteiger partial charge in [0.05, 0.1) is 6.61 Å². The fourth-order valence-electron chi connectivity index (χ4n) is 1.81. The number of alkyl halides is 2. The number of hydrogen-bond donors (Lipinski definition) is 1. The molecule has 2 aromatic rings. The van der Waals surface area contributed by atoms with E-state index in [0.717, 1.165) is 5.56 Å². The quantitative estimate of drug-likeness (QED) is 0.884. The summed E-state index contributed by atoms with van der Waals surface area (Å²) < 4.78 is 30.6. The number of hydrogen-bond acceptors (Lipinski definition) is 2. The largest absolute Gasteiger partial charge is 0.454 e. The van der Waals surface area contributed by atoms with E-state index in [1.165, 1.54) is 0 Å². The minimum absolute atomic E-state index is 0.179. The Kier molecular flexibility index (Phi) is 3.24. The molecule has 0 radical (unpaired) electrons. The summed E-state index contributed by atoms with van der Waals surface area (Å²) in [7, 11) is 0. The van der Waals surface area contributed by atoms with Gasteiger partial charge in [0.25, 0.3) is 6.43 Å². The van der Waals surface area contributed by atoms with E-state index in [1.807, 2.05) is 6.07 Å². The van der Waals surface area contributed by atoms with E-state index in [4.69, 9.17) is 9.52 Å². The molecule has 1 aromatic heterocycles. The van der Waals surface area contributed by atoms with Gasteiger partial charge in [-0.1, -0.05) is 30.3 Å². The third kappa shape index (κ3) is 2.08. The normalized spacial score (nSPS) is 11.1. The molecule has 2 nitrogen and oxygen atoms in total. The van der Waals surface area contributed by atoms with Crippen molar-refractivity contribution < 1.29 is 18.3 Å². The van der Waals surface area contributed by atoms with E-state index in [0.29, 0.717) is 11.3 Å². The summed E-state index contributed by atoms with van der Waals surface area (Å²) in [5.41, 5.74) is 1.47. The molecule has 1 aromatic carbocycles. The summed E-state index contributed by atoms with van der Waals surface area (Å²) in [5, 5.41) is 9.12. The van der Waals surface area contributed by atoms with Gasteiger partial charge in [0.2, 0.25) is 0 Å². The summed E-state index contributed by atoms with van der Waals surface area (Å²) >= 11 is 0. The average Bonchev–Trinajstić information content (AvgIpc) is 2.67. The Bertz CT molecular complexity index is 504. The lowest BCUT2D eigenvalue weighted by molar-refractivity contribution is 0.118. The minimum Gasteiger partial charge on any atom is -0.454 e. The van der Waals surface area contributed by atoms with Crippen LogP contribution in [0.3, 0.4) is 0 Å². The van der Waals surface area contributed by atoms with E-state index >= 15 is 0 Å². The van der Waals surface area contributed by atoms with Gasteiger partial charge >= 0.3 is 0 Å². The number of rotatable bonds is 3. The van der Waals surface area contributed by atoms with Gasteiger partial charge in [-0.3, -0.25) is 0 Å². The number of furan rings is 1. The van der Waals surface area contributed by atoms with Crippen molar-refractivity contribution in [2.24, 2.45) is 0 Å². The summed E-state index contributed by atoms with van der Waals surface area (Å²) in [4.78, 5) is 0. The van der Waals surface area contributed by atoms with Crippen LogP contribution in [0.2, 0.25) is 0 Å². The molecule has 17 heavy (non-hydrogen) atoms. The van der Waals surface area contributed by atoms with E-state index in [9.17, 15) is 8.78 Å². The lowest BCUT2D eigenvalue weighted by Gasteiger charge is -1.98. The van der Waals surface area contributed by atoms with Crippen molar-refractivity contribution in [1.82, 2.24) is 0 Å². The van der Waals surface area contributed by atoms with Crippen LogP contribution in [-0.2, 0) is 6.61 Å². The highest BCUT2D eigenvalue weighted by Gasteiger charge is 2.23. The Morgan fingerprint density at radius 3 is 2.35 bits per heavy atom. The first kappa shape index (κ1) is 11.8. The average molecular weight is 238 g/mol. The van der Waals surface area contributed by atoms with Crippen LogP contribution < -0.4 is 0 Å².